The van der Waals surface area contributed by atoms with Crippen LogP contribution in [0.2, 0.25) is 0 Å². The van der Waals surface area contributed by atoms with E-state index in [0.717, 1.165) is 15.6 Å². The Kier molecular flexibility index (Phi) is 6.36. The quantitative estimate of drug-likeness (QED) is 0.652. The number of amides is 1. The van der Waals surface area contributed by atoms with Gasteiger partial charge in [-0.05, 0) is 42.3 Å². The van der Waals surface area contributed by atoms with Gasteiger partial charge in [0.05, 0.1) is 32.2 Å². The van der Waals surface area contributed by atoms with Gasteiger partial charge in [-0.25, -0.2) is 5.43 Å². The third kappa shape index (κ3) is 4.43. The molecule has 1 heterocycles. The number of rotatable bonds is 6. The Morgan fingerprint density at radius 1 is 1.19 bits per heavy atom. The van der Waals surface area contributed by atoms with Crippen LogP contribution in [0.3, 0.4) is 0 Å². The van der Waals surface area contributed by atoms with Crippen LogP contribution >= 0.6 is 15.9 Å². The highest BCUT2D eigenvalue weighted by molar-refractivity contribution is 9.10. The summed E-state index contributed by atoms with van der Waals surface area (Å²) in [6.07, 6.45) is 0. The van der Waals surface area contributed by atoms with Gasteiger partial charge in [-0.2, -0.15) is 0 Å². The Morgan fingerprint density at radius 2 is 1.96 bits per heavy atom. The molecule has 0 saturated carbocycles. The normalized spacial score (nSPS) is 20.1. The maximum Gasteiger partial charge on any atom is 0.226 e. The zero-order valence-corrected chi connectivity index (χ0v) is 17.2. The van der Waals surface area contributed by atoms with Crippen LogP contribution in [-0.4, -0.2) is 26.7 Å². The van der Waals surface area contributed by atoms with Crippen LogP contribution in [-0.2, 0) is 4.79 Å². The number of halogens is 1. The van der Waals surface area contributed by atoms with Crippen molar-refractivity contribution in [2.24, 2.45) is 5.92 Å². The van der Waals surface area contributed by atoms with E-state index in [9.17, 15) is 4.79 Å². The van der Waals surface area contributed by atoms with E-state index in [-0.39, 0.29) is 23.9 Å². The third-order valence-corrected chi connectivity index (χ3v) is 5.29. The zero-order chi connectivity index (χ0) is 19.4. The molecule has 1 aliphatic rings. The zero-order valence-electron chi connectivity index (χ0n) is 15.6. The third-order valence-electron chi connectivity index (χ3n) is 4.79. The van der Waals surface area contributed by atoms with Gasteiger partial charge in [0.1, 0.15) is 0 Å². The van der Waals surface area contributed by atoms with E-state index in [4.69, 9.17) is 9.47 Å². The van der Waals surface area contributed by atoms with Gasteiger partial charge in [0.15, 0.2) is 11.5 Å². The number of carbonyl (C=O) groups is 1. The van der Waals surface area contributed by atoms with Gasteiger partial charge in [0, 0.05) is 11.0 Å². The predicted molar refractivity (Wildman–Crippen MR) is 108 cm³/mol. The summed E-state index contributed by atoms with van der Waals surface area (Å²) < 4.78 is 11.6. The number of hydrogen-bond acceptors (Lipinski definition) is 5. The number of carbonyl (C=O) groups excluding carboxylic acids is 1. The summed E-state index contributed by atoms with van der Waals surface area (Å²) in [5.74, 6) is 1.10. The Hall–Kier alpha value is -2.09. The van der Waals surface area contributed by atoms with Crippen LogP contribution in [0.25, 0.3) is 0 Å². The summed E-state index contributed by atoms with van der Waals surface area (Å²) in [5, 5.41) is 3.11. The summed E-state index contributed by atoms with van der Waals surface area (Å²) in [6.45, 7) is 2.53. The SMILES string of the molecule is COc1ccc(C(C)NC(=O)C2CNNC2c2cccc(Br)c2)cc1OC. The molecule has 1 aliphatic heterocycles. The molecule has 144 valence electrons. The second-order valence-electron chi connectivity index (χ2n) is 6.51. The summed E-state index contributed by atoms with van der Waals surface area (Å²) >= 11 is 3.49. The molecule has 1 saturated heterocycles. The molecule has 0 aromatic heterocycles. The number of hydrogen-bond donors (Lipinski definition) is 3. The average Bonchev–Trinajstić information content (AvgIpc) is 3.17. The largest absolute Gasteiger partial charge is 0.493 e. The van der Waals surface area contributed by atoms with Crippen LogP contribution in [0, 0.1) is 5.92 Å². The Bertz CT molecular complexity index is 815. The van der Waals surface area contributed by atoms with Crippen molar-refractivity contribution < 1.29 is 14.3 Å². The van der Waals surface area contributed by atoms with Crippen molar-refractivity contribution in [2.45, 2.75) is 19.0 Å². The first-order chi connectivity index (χ1) is 13.0. The Labute approximate surface area is 167 Å². The van der Waals surface area contributed by atoms with Gasteiger partial charge in [0.25, 0.3) is 0 Å². The van der Waals surface area contributed by atoms with E-state index >= 15 is 0 Å². The van der Waals surface area contributed by atoms with Crippen molar-refractivity contribution in [3.05, 3.63) is 58.1 Å². The molecule has 0 radical (unpaired) electrons. The first kappa shape index (κ1) is 19.7. The van der Waals surface area contributed by atoms with Crippen molar-refractivity contribution in [1.29, 1.82) is 0 Å². The lowest BCUT2D eigenvalue weighted by molar-refractivity contribution is -0.125. The van der Waals surface area contributed by atoms with Gasteiger partial charge < -0.3 is 14.8 Å². The molecular weight excluding hydrogens is 410 g/mol. The van der Waals surface area contributed by atoms with Crippen LogP contribution < -0.4 is 25.6 Å². The first-order valence-corrected chi connectivity index (χ1v) is 9.59. The van der Waals surface area contributed by atoms with Gasteiger partial charge in [0.2, 0.25) is 5.91 Å². The molecule has 2 aromatic rings. The minimum absolute atomic E-state index is 0.000222. The maximum atomic E-state index is 12.9. The fraction of sp³-hybridized carbons (Fsp3) is 0.350. The highest BCUT2D eigenvalue weighted by Crippen LogP contribution is 2.31. The highest BCUT2D eigenvalue weighted by atomic mass is 79.9. The molecule has 3 atom stereocenters. The molecule has 2 aromatic carbocycles. The maximum absolute atomic E-state index is 12.9. The number of nitrogens with one attached hydrogen (secondary N) is 3. The lowest BCUT2D eigenvalue weighted by Gasteiger charge is -2.22. The highest BCUT2D eigenvalue weighted by Gasteiger charge is 2.34. The van der Waals surface area contributed by atoms with Gasteiger partial charge in [-0.15, -0.1) is 0 Å². The Balaban J connectivity index is 1.72. The minimum Gasteiger partial charge on any atom is -0.493 e. The fourth-order valence-corrected chi connectivity index (χ4v) is 3.70. The van der Waals surface area contributed by atoms with Gasteiger partial charge in [-0.3, -0.25) is 10.2 Å². The van der Waals surface area contributed by atoms with Crippen LogP contribution in [0.15, 0.2) is 46.9 Å². The van der Waals surface area contributed by atoms with Crippen LogP contribution in [0.5, 0.6) is 11.5 Å². The van der Waals surface area contributed by atoms with E-state index in [0.29, 0.717) is 18.0 Å². The van der Waals surface area contributed by atoms with Crippen molar-refractivity contribution in [3.63, 3.8) is 0 Å². The van der Waals surface area contributed by atoms with E-state index in [1.165, 1.54) is 0 Å². The van der Waals surface area contributed by atoms with Crippen molar-refractivity contribution in [3.8, 4) is 11.5 Å². The summed E-state index contributed by atoms with van der Waals surface area (Å²) in [6, 6.07) is 13.4. The van der Waals surface area contributed by atoms with Crippen LogP contribution in [0.1, 0.15) is 30.1 Å². The summed E-state index contributed by atoms with van der Waals surface area (Å²) in [7, 11) is 3.20. The number of benzene rings is 2. The van der Waals surface area contributed by atoms with Crippen molar-refractivity contribution >= 4 is 21.8 Å². The molecule has 1 fully saturated rings. The molecule has 3 unspecified atom stereocenters. The Morgan fingerprint density at radius 3 is 2.67 bits per heavy atom. The molecule has 0 bridgehead atoms. The molecule has 6 nitrogen and oxygen atoms in total. The van der Waals surface area contributed by atoms with Crippen molar-refractivity contribution in [1.82, 2.24) is 16.2 Å². The first-order valence-electron chi connectivity index (χ1n) is 8.79. The molecule has 7 heteroatoms. The lowest BCUT2D eigenvalue weighted by Crippen LogP contribution is -2.36. The number of ether oxygens (including phenoxy) is 2. The summed E-state index contributed by atoms with van der Waals surface area (Å²) in [5.41, 5.74) is 8.33. The molecule has 0 spiro atoms. The molecular formula is C20H24BrN3O3. The van der Waals surface area contributed by atoms with Crippen molar-refractivity contribution in [2.75, 3.05) is 20.8 Å². The molecule has 0 aliphatic carbocycles. The molecule has 3 rings (SSSR count). The summed E-state index contributed by atoms with van der Waals surface area (Å²) in [4.78, 5) is 12.9. The van der Waals surface area contributed by atoms with E-state index in [1.54, 1.807) is 14.2 Å². The van der Waals surface area contributed by atoms with E-state index < -0.39 is 0 Å². The predicted octanol–water partition coefficient (Wildman–Crippen LogP) is 3.11. The van der Waals surface area contributed by atoms with Gasteiger partial charge in [-0.1, -0.05) is 34.1 Å². The van der Waals surface area contributed by atoms with E-state index in [2.05, 4.69) is 32.1 Å². The lowest BCUT2D eigenvalue weighted by atomic mass is 9.93. The van der Waals surface area contributed by atoms with E-state index in [1.807, 2.05) is 49.4 Å². The van der Waals surface area contributed by atoms with Gasteiger partial charge >= 0.3 is 0 Å². The number of hydrazine groups is 1. The smallest absolute Gasteiger partial charge is 0.226 e. The standard InChI is InChI=1S/C20H24BrN3O3/c1-12(13-7-8-17(26-2)18(10-13)27-3)23-20(25)16-11-22-24-19(16)14-5-4-6-15(21)9-14/h4-10,12,16,19,22,24H,11H2,1-3H3,(H,23,25). The second kappa shape index (κ2) is 8.73. The topological polar surface area (TPSA) is 71.6 Å². The molecule has 27 heavy (non-hydrogen) atoms. The average molecular weight is 434 g/mol. The minimum atomic E-state index is -0.207. The van der Waals surface area contributed by atoms with Crippen LogP contribution in [0.4, 0.5) is 0 Å². The second-order valence-corrected chi connectivity index (χ2v) is 7.42. The number of methoxy groups -OCH3 is 2. The molecule has 3 N–H and O–H groups in total. The fourth-order valence-electron chi connectivity index (χ4n) is 3.28. The monoisotopic (exact) mass is 433 g/mol. The molecule has 1 amide bonds.